The Labute approximate surface area is 150 Å². The molecule has 2 saturated heterocycles. The molecule has 4 nitrogen and oxygen atoms in total. The summed E-state index contributed by atoms with van der Waals surface area (Å²) >= 11 is 0. The molecule has 2 fully saturated rings. The third kappa shape index (κ3) is 3.47. The van der Waals surface area contributed by atoms with Gasteiger partial charge in [0.2, 0.25) is 5.91 Å². The number of carbonyl (C=O) groups is 1. The van der Waals surface area contributed by atoms with E-state index in [2.05, 4.69) is 29.2 Å². The van der Waals surface area contributed by atoms with Crippen LogP contribution >= 0.6 is 0 Å². The molecule has 4 heteroatoms. The first kappa shape index (κ1) is 17.0. The molecule has 1 amide bonds. The molecular weight excluding hydrogens is 312 g/mol. The van der Waals surface area contributed by atoms with Crippen molar-refractivity contribution in [3.63, 3.8) is 0 Å². The highest BCUT2D eigenvalue weighted by Gasteiger charge is 2.43. The van der Waals surface area contributed by atoms with Crippen molar-refractivity contribution in [1.29, 1.82) is 0 Å². The summed E-state index contributed by atoms with van der Waals surface area (Å²) in [6.45, 7) is 4.11. The zero-order valence-corrected chi connectivity index (χ0v) is 15.1. The highest BCUT2D eigenvalue weighted by Crippen LogP contribution is 2.40. The lowest BCUT2D eigenvalue weighted by Crippen LogP contribution is -2.56. The first-order chi connectivity index (χ1) is 12.2. The van der Waals surface area contributed by atoms with Crippen LogP contribution in [0, 0.1) is 5.41 Å². The molecule has 25 heavy (non-hydrogen) atoms. The van der Waals surface area contributed by atoms with Gasteiger partial charge in [0.1, 0.15) is 0 Å². The number of amides is 1. The van der Waals surface area contributed by atoms with Crippen LogP contribution in [0.1, 0.15) is 43.2 Å². The van der Waals surface area contributed by atoms with Crippen LogP contribution in [0.5, 0.6) is 0 Å². The molecule has 2 heterocycles. The Balaban J connectivity index is 1.43. The number of benzene rings is 1. The summed E-state index contributed by atoms with van der Waals surface area (Å²) in [5, 5.41) is 9.11. The molecule has 1 atom stereocenters. The number of hydrogen-bond donors (Lipinski definition) is 1. The maximum atomic E-state index is 12.2. The van der Waals surface area contributed by atoms with Crippen LogP contribution in [-0.2, 0) is 17.6 Å². The minimum atomic E-state index is 0.170. The maximum absolute atomic E-state index is 12.2. The molecule has 136 valence electrons. The number of likely N-dealkylation sites (tertiary alicyclic amines) is 2. The molecule has 1 spiro atoms. The predicted octanol–water partition coefficient (Wildman–Crippen LogP) is 2.24. The number of nitrogens with zero attached hydrogens (tertiary/aromatic N) is 2. The van der Waals surface area contributed by atoms with Gasteiger partial charge >= 0.3 is 0 Å². The van der Waals surface area contributed by atoms with E-state index in [1.165, 1.54) is 43.4 Å². The average molecular weight is 342 g/mol. The fourth-order valence-corrected chi connectivity index (χ4v) is 5.25. The van der Waals surface area contributed by atoms with Gasteiger partial charge in [-0.1, -0.05) is 24.3 Å². The second-order valence-electron chi connectivity index (χ2n) is 8.30. The van der Waals surface area contributed by atoms with Crippen molar-refractivity contribution in [1.82, 2.24) is 9.80 Å². The number of hydrogen-bond acceptors (Lipinski definition) is 3. The van der Waals surface area contributed by atoms with Crippen LogP contribution in [0.25, 0.3) is 0 Å². The Morgan fingerprint density at radius 1 is 1.12 bits per heavy atom. The average Bonchev–Trinajstić information content (AvgIpc) is 3.07. The van der Waals surface area contributed by atoms with Crippen LogP contribution in [0.15, 0.2) is 24.3 Å². The van der Waals surface area contributed by atoms with Crippen LogP contribution in [0.4, 0.5) is 0 Å². The molecule has 0 bridgehead atoms. The first-order valence-corrected chi connectivity index (χ1v) is 9.89. The van der Waals surface area contributed by atoms with E-state index in [0.717, 1.165) is 19.5 Å². The number of aliphatic hydroxyl groups is 1. The zero-order chi connectivity index (χ0) is 17.3. The van der Waals surface area contributed by atoms with Crippen LogP contribution in [0.3, 0.4) is 0 Å². The fourth-order valence-electron chi connectivity index (χ4n) is 5.25. The van der Waals surface area contributed by atoms with E-state index in [4.69, 9.17) is 5.11 Å². The lowest BCUT2D eigenvalue weighted by atomic mass is 9.73. The third-order valence-corrected chi connectivity index (χ3v) is 6.57. The summed E-state index contributed by atoms with van der Waals surface area (Å²) in [4.78, 5) is 17.0. The highest BCUT2D eigenvalue weighted by molar-refractivity contribution is 5.77. The van der Waals surface area contributed by atoms with Crippen molar-refractivity contribution >= 4 is 5.91 Å². The molecule has 1 N–H and O–H groups in total. The summed E-state index contributed by atoms with van der Waals surface area (Å²) in [6, 6.07) is 9.52. The van der Waals surface area contributed by atoms with Crippen LogP contribution in [0.2, 0.25) is 0 Å². The van der Waals surface area contributed by atoms with Crippen molar-refractivity contribution in [2.24, 2.45) is 5.41 Å². The van der Waals surface area contributed by atoms with Gasteiger partial charge in [0.25, 0.3) is 0 Å². The lowest BCUT2D eigenvalue weighted by Gasteiger charge is -2.49. The van der Waals surface area contributed by atoms with Crippen molar-refractivity contribution in [3.05, 3.63) is 35.4 Å². The Kier molecular flexibility index (Phi) is 4.83. The Morgan fingerprint density at radius 2 is 1.88 bits per heavy atom. The third-order valence-electron chi connectivity index (χ3n) is 6.57. The maximum Gasteiger partial charge on any atom is 0.222 e. The number of carbonyl (C=O) groups excluding carboxylic acids is 1. The number of fused-ring (bicyclic) bond motifs is 1. The standard InChI is InChI=1S/C21H30N2O2/c24-12-4-11-23-16-21(9-7-20(23)25)8-3-10-22(15-21)19-13-17-5-1-2-6-18(17)14-19/h1-2,5-6,19,24H,3-4,7-16H2. The lowest BCUT2D eigenvalue weighted by molar-refractivity contribution is -0.139. The van der Waals surface area contributed by atoms with Gasteiger partial charge in [0.05, 0.1) is 0 Å². The van der Waals surface area contributed by atoms with Gasteiger partial charge in [0.15, 0.2) is 0 Å². The quantitative estimate of drug-likeness (QED) is 0.913. The SMILES string of the molecule is O=C1CCC2(CCCN(C3Cc4ccccc4C3)C2)CN1CCCO. The van der Waals surface area contributed by atoms with Gasteiger partial charge < -0.3 is 10.0 Å². The van der Waals surface area contributed by atoms with E-state index < -0.39 is 0 Å². The van der Waals surface area contributed by atoms with E-state index in [0.29, 0.717) is 25.4 Å². The van der Waals surface area contributed by atoms with Gasteiger partial charge in [-0.2, -0.15) is 0 Å². The van der Waals surface area contributed by atoms with E-state index in [1.807, 2.05) is 4.90 Å². The van der Waals surface area contributed by atoms with Crippen LogP contribution in [-0.4, -0.2) is 59.6 Å². The number of piperidine rings is 2. The smallest absolute Gasteiger partial charge is 0.222 e. The molecule has 0 radical (unpaired) electrons. The topological polar surface area (TPSA) is 43.8 Å². The van der Waals surface area contributed by atoms with E-state index >= 15 is 0 Å². The summed E-state index contributed by atoms with van der Waals surface area (Å²) in [6.07, 6.45) is 7.27. The van der Waals surface area contributed by atoms with Crippen molar-refractivity contribution in [3.8, 4) is 0 Å². The Hall–Kier alpha value is -1.39. The summed E-state index contributed by atoms with van der Waals surface area (Å²) in [7, 11) is 0. The Morgan fingerprint density at radius 3 is 2.60 bits per heavy atom. The zero-order valence-electron chi connectivity index (χ0n) is 15.1. The predicted molar refractivity (Wildman–Crippen MR) is 98.4 cm³/mol. The minimum absolute atomic E-state index is 0.170. The number of rotatable bonds is 4. The molecule has 1 aromatic carbocycles. The normalized spacial score (nSPS) is 27.9. The Bertz CT molecular complexity index is 607. The van der Waals surface area contributed by atoms with Crippen molar-refractivity contribution in [2.75, 3.05) is 32.8 Å². The molecule has 3 aliphatic rings. The van der Waals surface area contributed by atoms with Crippen molar-refractivity contribution < 1.29 is 9.90 Å². The van der Waals surface area contributed by atoms with Gasteiger partial charge in [-0.05, 0) is 56.2 Å². The minimum Gasteiger partial charge on any atom is -0.396 e. The largest absolute Gasteiger partial charge is 0.396 e. The van der Waals surface area contributed by atoms with Gasteiger partial charge in [-0.25, -0.2) is 0 Å². The highest BCUT2D eigenvalue weighted by atomic mass is 16.3. The van der Waals surface area contributed by atoms with E-state index in [9.17, 15) is 4.79 Å². The van der Waals surface area contributed by atoms with E-state index in [-0.39, 0.29) is 17.9 Å². The van der Waals surface area contributed by atoms with Gasteiger partial charge in [-0.15, -0.1) is 0 Å². The fraction of sp³-hybridized carbons (Fsp3) is 0.667. The molecule has 0 saturated carbocycles. The molecule has 1 aromatic rings. The van der Waals surface area contributed by atoms with Crippen molar-refractivity contribution in [2.45, 2.75) is 51.0 Å². The summed E-state index contributed by atoms with van der Waals surface area (Å²) in [5.41, 5.74) is 3.32. The van der Waals surface area contributed by atoms with E-state index in [1.54, 1.807) is 0 Å². The molecule has 1 unspecified atom stereocenters. The monoisotopic (exact) mass is 342 g/mol. The summed E-state index contributed by atoms with van der Waals surface area (Å²) in [5.74, 6) is 0.282. The second kappa shape index (κ2) is 7.08. The second-order valence-corrected chi connectivity index (χ2v) is 8.30. The first-order valence-electron chi connectivity index (χ1n) is 9.89. The molecule has 2 aliphatic heterocycles. The molecule has 4 rings (SSSR count). The molecule has 0 aromatic heterocycles. The molecular formula is C21H30N2O2. The van der Waals surface area contributed by atoms with Gasteiger partial charge in [0, 0.05) is 44.1 Å². The van der Waals surface area contributed by atoms with Gasteiger partial charge in [-0.3, -0.25) is 9.69 Å². The molecule has 1 aliphatic carbocycles. The summed E-state index contributed by atoms with van der Waals surface area (Å²) < 4.78 is 0. The van der Waals surface area contributed by atoms with Crippen LogP contribution < -0.4 is 0 Å². The number of aliphatic hydroxyl groups excluding tert-OH is 1.